The molecule has 1 aliphatic carbocycles. The Morgan fingerprint density at radius 1 is 1.06 bits per heavy atom. The maximum Gasteiger partial charge on any atom is 0.253 e. The summed E-state index contributed by atoms with van der Waals surface area (Å²) < 4.78 is 12.3. The summed E-state index contributed by atoms with van der Waals surface area (Å²) in [7, 11) is 3.19. The van der Waals surface area contributed by atoms with Crippen molar-refractivity contribution < 1.29 is 19.1 Å². The number of hydrogen-bond donors (Lipinski definition) is 0. The predicted molar refractivity (Wildman–Crippen MR) is 127 cm³/mol. The van der Waals surface area contributed by atoms with E-state index in [0.717, 1.165) is 5.56 Å². The minimum atomic E-state index is -0.0185. The number of aromatic nitrogens is 4. The third kappa shape index (κ3) is 4.26. The highest BCUT2D eigenvalue weighted by Crippen LogP contribution is 2.36. The van der Waals surface area contributed by atoms with Crippen LogP contribution >= 0.6 is 11.8 Å². The van der Waals surface area contributed by atoms with Crippen LogP contribution < -0.4 is 9.47 Å². The maximum atomic E-state index is 13.0. The number of Topliss-reactive ketones (excluding diaryl/α,β-unsaturated/α-hetero) is 2. The van der Waals surface area contributed by atoms with Crippen LogP contribution in [0.15, 0.2) is 59.9 Å². The molecule has 0 fully saturated rings. The van der Waals surface area contributed by atoms with E-state index in [1.54, 1.807) is 32.5 Å². The third-order valence-corrected chi connectivity index (χ3v) is 6.71. The molecule has 0 bridgehead atoms. The number of ketones is 2. The topological polar surface area (TPSA) is 95.7 Å². The first kappa shape index (κ1) is 22.1. The van der Waals surface area contributed by atoms with Crippen molar-refractivity contribution in [3.8, 4) is 11.5 Å². The molecule has 1 atom stereocenters. The van der Waals surface area contributed by atoms with Gasteiger partial charge in [0.2, 0.25) is 5.16 Å². The second-order valence-electron chi connectivity index (χ2n) is 7.96. The van der Waals surface area contributed by atoms with E-state index in [4.69, 9.17) is 9.47 Å². The fourth-order valence-corrected chi connectivity index (χ4v) is 4.82. The van der Waals surface area contributed by atoms with Gasteiger partial charge < -0.3 is 9.47 Å². The fourth-order valence-electron chi connectivity index (χ4n) is 4.11. The van der Waals surface area contributed by atoms with E-state index in [1.807, 2.05) is 36.4 Å². The molecule has 0 radical (unpaired) electrons. The van der Waals surface area contributed by atoms with Crippen LogP contribution in [0.5, 0.6) is 11.5 Å². The molecule has 5 rings (SSSR count). The van der Waals surface area contributed by atoms with Gasteiger partial charge >= 0.3 is 0 Å². The van der Waals surface area contributed by atoms with Gasteiger partial charge in [0.25, 0.3) is 5.78 Å². The summed E-state index contributed by atoms with van der Waals surface area (Å²) in [6.07, 6.45) is 2.67. The van der Waals surface area contributed by atoms with E-state index < -0.39 is 0 Å². The third-order valence-electron chi connectivity index (χ3n) is 5.87. The Balaban J connectivity index is 1.37. The number of ether oxygens (including phenoxy) is 2. The summed E-state index contributed by atoms with van der Waals surface area (Å²) in [4.78, 5) is 34.4. The number of hydrogen-bond acceptors (Lipinski definition) is 8. The van der Waals surface area contributed by atoms with E-state index in [-0.39, 0.29) is 23.2 Å². The molecule has 1 unspecified atom stereocenters. The minimum Gasteiger partial charge on any atom is -0.493 e. The summed E-state index contributed by atoms with van der Waals surface area (Å²) in [5.41, 5.74) is 2.91. The van der Waals surface area contributed by atoms with Gasteiger partial charge in [0, 0.05) is 18.2 Å². The van der Waals surface area contributed by atoms with Gasteiger partial charge in [-0.15, -0.1) is 5.10 Å². The monoisotopic (exact) mass is 474 g/mol. The standard InChI is InChI=1S/C25H22N4O4S/c1-32-22-9-8-16(12-23(22)33-2)17-10-19-18(20(30)11-17)13-29-24(26-19)27-25(28-29)34-14-21(31)15-6-4-3-5-7-15/h3-9,12-13,17H,10-11,14H2,1-2H3. The van der Waals surface area contributed by atoms with Crippen LogP contribution in [-0.4, -0.2) is 51.1 Å². The molecule has 0 amide bonds. The van der Waals surface area contributed by atoms with Crippen LogP contribution in [0.25, 0.3) is 5.78 Å². The van der Waals surface area contributed by atoms with E-state index >= 15 is 0 Å². The Labute approximate surface area is 200 Å². The Morgan fingerprint density at radius 2 is 1.85 bits per heavy atom. The van der Waals surface area contributed by atoms with Crippen molar-refractivity contribution in [2.24, 2.45) is 0 Å². The molecule has 8 nitrogen and oxygen atoms in total. The lowest BCUT2D eigenvalue weighted by atomic mass is 9.82. The normalized spacial score (nSPS) is 15.2. The second kappa shape index (κ2) is 9.26. The molecule has 0 aliphatic heterocycles. The number of thioether (sulfide) groups is 1. The largest absolute Gasteiger partial charge is 0.493 e. The van der Waals surface area contributed by atoms with Crippen molar-refractivity contribution >= 4 is 29.1 Å². The van der Waals surface area contributed by atoms with Crippen LogP contribution in [-0.2, 0) is 6.42 Å². The first-order valence-electron chi connectivity index (χ1n) is 10.8. The van der Waals surface area contributed by atoms with Gasteiger partial charge in [-0.25, -0.2) is 9.50 Å². The molecule has 1 aliphatic rings. The Kier molecular flexibility index (Phi) is 6.02. The first-order chi connectivity index (χ1) is 16.6. The molecule has 0 N–H and O–H groups in total. The summed E-state index contributed by atoms with van der Waals surface area (Å²) in [5.74, 6) is 1.91. The van der Waals surface area contributed by atoms with E-state index in [9.17, 15) is 9.59 Å². The molecule has 172 valence electrons. The molecule has 9 heteroatoms. The summed E-state index contributed by atoms with van der Waals surface area (Å²) in [6, 6.07) is 14.8. The van der Waals surface area contributed by atoms with Crippen LogP contribution in [0.3, 0.4) is 0 Å². The molecule has 0 saturated heterocycles. The quantitative estimate of drug-likeness (QED) is 0.293. The number of rotatable bonds is 7. The summed E-state index contributed by atoms with van der Waals surface area (Å²) in [6.45, 7) is 0. The van der Waals surface area contributed by atoms with Crippen LogP contribution in [0, 0.1) is 0 Å². The Morgan fingerprint density at radius 3 is 2.62 bits per heavy atom. The number of carbonyl (C=O) groups excluding carboxylic acids is 2. The zero-order chi connectivity index (χ0) is 23.7. The highest BCUT2D eigenvalue weighted by molar-refractivity contribution is 7.99. The fraction of sp³-hybridized carbons (Fsp3) is 0.240. The molecule has 4 aromatic rings. The van der Waals surface area contributed by atoms with Gasteiger partial charge in [-0.1, -0.05) is 48.2 Å². The summed E-state index contributed by atoms with van der Waals surface area (Å²) >= 11 is 1.25. The molecule has 34 heavy (non-hydrogen) atoms. The van der Waals surface area contributed by atoms with Gasteiger partial charge in [-0.05, 0) is 30.0 Å². The number of carbonyl (C=O) groups is 2. The van der Waals surface area contributed by atoms with Crippen molar-refractivity contribution in [1.29, 1.82) is 0 Å². The molecular weight excluding hydrogens is 452 g/mol. The Bertz CT molecular complexity index is 1390. The average Bonchev–Trinajstić information content (AvgIpc) is 3.28. The number of benzene rings is 2. The van der Waals surface area contributed by atoms with Gasteiger partial charge in [-0.2, -0.15) is 4.98 Å². The molecule has 0 spiro atoms. The zero-order valence-electron chi connectivity index (χ0n) is 18.7. The zero-order valence-corrected chi connectivity index (χ0v) is 19.5. The first-order valence-corrected chi connectivity index (χ1v) is 11.8. The van der Waals surface area contributed by atoms with Crippen molar-refractivity contribution in [2.75, 3.05) is 20.0 Å². The average molecular weight is 475 g/mol. The van der Waals surface area contributed by atoms with Crippen LogP contribution in [0.1, 0.15) is 44.3 Å². The smallest absolute Gasteiger partial charge is 0.253 e. The molecule has 2 aromatic heterocycles. The van der Waals surface area contributed by atoms with E-state index in [1.165, 1.54) is 16.3 Å². The summed E-state index contributed by atoms with van der Waals surface area (Å²) in [5, 5.41) is 4.86. The number of methoxy groups -OCH3 is 2. The minimum absolute atomic E-state index is 0.00430. The number of nitrogens with zero attached hydrogens (tertiary/aromatic N) is 4. The van der Waals surface area contributed by atoms with Crippen molar-refractivity contribution in [3.63, 3.8) is 0 Å². The predicted octanol–water partition coefficient (Wildman–Crippen LogP) is 4.03. The van der Waals surface area contributed by atoms with E-state index in [0.29, 0.717) is 52.1 Å². The van der Waals surface area contributed by atoms with Crippen LogP contribution in [0.4, 0.5) is 0 Å². The van der Waals surface area contributed by atoms with Crippen molar-refractivity contribution in [2.45, 2.75) is 23.9 Å². The van der Waals surface area contributed by atoms with Gasteiger partial charge in [0.05, 0.1) is 31.2 Å². The lowest BCUT2D eigenvalue weighted by Gasteiger charge is -2.23. The van der Waals surface area contributed by atoms with Gasteiger partial charge in [0.15, 0.2) is 23.1 Å². The lowest BCUT2D eigenvalue weighted by molar-refractivity contribution is 0.0961. The molecule has 0 saturated carbocycles. The highest BCUT2D eigenvalue weighted by Gasteiger charge is 2.29. The SMILES string of the molecule is COc1ccc(C2CC(=O)c3cn4nc(SCC(=O)c5ccccc5)nc4nc3C2)cc1OC. The lowest BCUT2D eigenvalue weighted by Crippen LogP contribution is -2.21. The van der Waals surface area contributed by atoms with E-state index in [2.05, 4.69) is 15.1 Å². The second-order valence-corrected chi connectivity index (χ2v) is 8.90. The maximum absolute atomic E-state index is 13.0. The van der Waals surface area contributed by atoms with Crippen molar-refractivity contribution in [3.05, 3.63) is 77.1 Å². The molecule has 2 heterocycles. The van der Waals surface area contributed by atoms with Crippen LogP contribution in [0.2, 0.25) is 0 Å². The van der Waals surface area contributed by atoms with Gasteiger partial charge in [0.1, 0.15) is 0 Å². The molecular formula is C25H22N4O4S. The Hall–Kier alpha value is -3.72. The highest BCUT2D eigenvalue weighted by atomic mass is 32.2. The molecule has 2 aromatic carbocycles. The number of fused-ring (bicyclic) bond motifs is 2. The van der Waals surface area contributed by atoms with Crippen molar-refractivity contribution in [1.82, 2.24) is 19.6 Å². The van der Waals surface area contributed by atoms with Gasteiger partial charge in [-0.3, -0.25) is 9.59 Å².